The van der Waals surface area contributed by atoms with Gasteiger partial charge >= 0.3 is 0 Å². The summed E-state index contributed by atoms with van der Waals surface area (Å²) in [6, 6.07) is 5.05. The van der Waals surface area contributed by atoms with E-state index in [4.69, 9.17) is 16.6 Å². The summed E-state index contributed by atoms with van der Waals surface area (Å²) in [5, 5.41) is 7.13. The Morgan fingerprint density at radius 3 is 2.71 bits per heavy atom. The van der Waals surface area contributed by atoms with Crippen molar-refractivity contribution >= 4 is 22.9 Å². The van der Waals surface area contributed by atoms with Crippen LogP contribution in [0.4, 0.5) is 4.39 Å². The number of nitrogens with zero attached hydrogens (tertiary/aromatic N) is 1. The lowest BCUT2D eigenvalue weighted by Gasteiger charge is -2.18. The molecule has 2 aromatic rings. The van der Waals surface area contributed by atoms with Crippen LogP contribution in [0.3, 0.4) is 0 Å². The maximum atomic E-state index is 13.3. The first-order valence-electron chi connectivity index (χ1n) is 7.21. The minimum absolute atomic E-state index is 0.0527. The van der Waals surface area contributed by atoms with E-state index in [1.54, 1.807) is 17.4 Å². The number of halogens is 2. The number of hydrogen-bond donors (Lipinski definition) is 1. The van der Waals surface area contributed by atoms with E-state index in [0.717, 1.165) is 16.3 Å². The molecule has 3 rings (SSSR count). The van der Waals surface area contributed by atoms with Crippen LogP contribution in [-0.2, 0) is 0 Å². The second-order valence-corrected chi connectivity index (χ2v) is 7.10. The first-order chi connectivity index (χ1) is 10.0. The molecular weight excluding hydrogens is 307 g/mol. The van der Waals surface area contributed by atoms with E-state index in [1.807, 2.05) is 0 Å². The summed E-state index contributed by atoms with van der Waals surface area (Å²) >= 11 is 7.88. The van der Waals surface area contributed by atoms with Crippen molar-refractivity contribution in [1.29, 1.82) is 0 Å². The van der Waals surface area contributed by atoms with Crippen molar-refractivity contribution in [2.24, 2.45) is 0 Å². The second-order valence-electron chi connectivity index (χ2n) is 5.81. The number of rotatable bonds is 5. The lowest BCUT2D eigenvalue weighted by molar-refractivity contribution is 0.590. The molecular formula is C16H18ClFN2S. The third kappa shape index (κ3) is 3.44. The van der Waals surface area contributed by atoms with Gasteiger partial charge in [-0.1, -0.05) is 31.5 Å². The Labute approximate surface area is 133 Å². The van der Waals surface area contributed by atoms with E-state index in [0.29, 0.717) is 17.0 Å². The zero-order valence-electron chi connectivity index (χ0n) is 12.1. The maximum absolute atomic E-state index is 13.3. The second kappa shape index (κ2) is 6.03. The van der Waals surface area contributed by atoms with Crippen molar-refractivity contribution in [3.05, 3.63) is 50.7 Å². The standard InChI is InChI=1S/C16H18ClFN2S/c1-9(2)14-8-21-16(20-14)15(19-11-4-5-11)12-6-3-10(18)7-13(12)17/h3,6-9,11,15,19H,4-5H2,1-2H3. The summed E-state index contributed by atoms with van der Waals surface area (Å²) in [6.45, 7) is 4.26. The highest BCUT2D eigenvalue weighted by atomic mass is 35.5. The van der Waals surface area contributed by atoms with Crippen LogP contribution in [0.25, 0.3) is 0 Å². The number of hydrogen-bond acceptors (Lipinski definition) is 3. The topological polar surface area (TPSA) is 24.9 Å². The first-order valence-corrected chi connectivity index (χ1v) is 8.46. The van der Waals surface area contributed by atoms with E-state index in [2.05, 4.69) is 24.5 Å². The van der Waals surface area contributed by atoms with E-state index >= 15 is 0 Å². The van der Waals surface area contributed by atoms with Crippen LogP contribution in [0.5, 0.6) is 0 Å². The van der Waals surface area contributed by atoms with Crippen molar-refractivity contribution in [1.82, 2.24) is 10.3 Å². The Morgan fingerprint density at radius 1 is 1.38 bits per heavy atom. The number of thiazole rings is 1. The van der Waals surface area contributed by atoms with Gasteiger partial charge in [-0.25, -0.2) is 9.37 Å². The molecule has 0 amide bonds. The van der Waals surface area contributed by atoms with Gasteiger partial charge in [0, 0.05) is 16.4 Å². The normalized spacial score (nSPS) is 16.4. The van der Waals surface area contributed by atoms with Gasteiger partial charge in [0.05, 0.1) is 11.7 Å². The minimum atomic E-state index is -0.309. The molecule has 1 aliphatic carbocycles. The minimum Gasteiger partial charge on any atom is -0.301 e. The van der Waals surface area contributed by atoms with Gasteiger partial charge < -0.3 is 5.32 Å². The summed E-state index contributed by atoms with van der Waals surface area (Å²) in [4.78, 5) is 4.73. The van der Waals surface area contributed by atoms with Crippen LogP contribution in [0.2, 0.25) is 5.02 Å². The van der Waals surface area contributed by atoms with E-state index in [1.165, 1.54) is 25.0 Å². The molecule has 1 atom stereocenters. The fourth-order valence-corrected chi connectivity index (χ4v) is 3.55. The molecule has 112 valence electrons. The molecule has 2 nitrogen and oxygen atoms in total. The molecule has 1 heterocycles. The highest BCUT2D eigenvalue weighted by Gasteiger charge is 2.29. The van der Waals surface area contributed by atoms with Crippen molar-refractivity contribution in [2.45, 2.75) is 44.7 Å². The summed E-state index contributed by atoms with van der Waals surface area (Å²) < 4.78 is 13.3. The summed E-state index contributed by atoms with van der Waals surface area (Å²) in [5.74, 6) is 0.0937. The zero-order valence-corrected chi connectivity index (χ0v) is 13.6. The molecule has 0 bridgehead atoms. The van der Waals surface area contributed by atoms with Gasteiger partial charge in [0.1, 0.15) is 10.8 Å². The molecule has 21 heavy (non-hydrogen) atoms. The fourth-order valence-electron chi connectivity index (χ4n) is 2.21. The Bertz CT molecular complexity index is 637. The van der Waals surface area contributed by atoms with Crippen molar-refractivity contribution in [2.75, 3.05) is 0 Å². The largest absolute Gasteiger partial charge is 0.301 e. The van der Waals surface area contributed by atoms with E-state index in [-0.39, 0.29) is 11.9 Å². The molecule has 1 unspecified atom stereocenters. The molecule has 1 aliphatic rings. The molecule has 0 aliphatic heterocycles. The van der Waals surface area contributed by atoms with Crippen LogP contribution >= 0.6 is 22.9 Å². The molecule has 5 heteroatoms. The number of nitrogens with one attached hydrogen (secondary N) is 1. The molecule has 0 saturated heterocycles. The fraction of sp³-hybridized carbons (Fsp3) is 0.438. The third-order valence-electron chi connectivity index (χ3n) is 3.63. The molecule has 1 saturated carbocycles. The summed E-state index contributed by atoms with van der Waals surface area (Å²) in [6.07, 6.45) is 2.36. The maximum Gasteiger partial charge on any atom is 0.124 e. The van der Waals surface area contributed by atoms with Crippen molar-refractivity contribution in [3.63, 3.8) is 0 Å². The van der Waals surface area contributed by atoms with Crippen LogP contribution in [0.15, 0.2) is 23.6 Å². The van der Waals surface area contributed by atoms with Crippen LogP contribution in [-0.4, -0.2) is 11.0 Å². The average molecular weight is 325 g/mol. The highest BCUT2D eigenvalue weighted by molar-refractivity contribution is 7.09. The smallest absolute Gasteiger partial charge is 0.124 e. The van der Waals surface area contributed by atoms with Crippen molar-refractivity contribution in [3.8, 4) is 0 Å². The molecule has 0 radical (unpaired) electrons. The van der Waals surface area contributed by atoms with E-state index in [9.17, 15) is 4.39 Å². The highest BCUT2D eigenvalue weighted by Crippen LogP contribution is 2.34. The average Bonchev–Trinajstić information content (AvgIpc) is 3.11. The molecule has 1 aromatic heterocycles. The van der Waals surface area contributed by atoms with Gasteiger partial charge in [-0.15, -0.1) is 11.3 Å². The summed E-state index contributed by atoms with van der Waals surface area (Å²) in [7, 11) is 0. The van der Waals surface area contributed by atoms with Gasteiger partial charge in [-0.05, 0) is 36.5 Å². The Morgan fingerprint density at radius 2 is 2.14 bits per heavy atom. The molecule has 1 fully saturated rings. The number of benzene rings is 1. The third-order valence-corrected chi connectivity index (χ3v) is 4.89. The summed E-state index contributed by atoms with van der Waals surface area (Å²) in [5.41, 5.74) is 1.99. The van der Waals surface area contributed by atoms with Crippen LogP contribution in [0, 0.1) is 5.82 Å². The van der Waals surface area contributed by atoms with Gasteiger partial charge in [0.25, 0.3) is 0 Å². The van der Waals surface area contributed by atoms with Crippen LogP contribution in [0.1, 0.15) is 54.9 Å². The SMILES string of the molecule is CC(C)c1csc(C(NC2CC2)c2ccc(F)cc2Cl)n1. The predicted molar refractivity (Wildman–Crippen MR) is 85.6 cm³/mol. The first kappa shape index (κ1) is 14.9. The monoisotopic (exact) mass is 324 g/mol. The Hall–Kier alpha value is -0.970. The zero-order chi connectivity index (χ0) is 15.0. The van der Waals surface area contributed by atoms with Gasteiger partial charge in [0.15, 0.2) is 0 Å². The van der Waals surface area contributed by atoms with Gasteiger partial charge in [-0.3, -0.25) is 0 Å². The lowest BCUT2D eigenvalue weighted by Crippen LogP contribution is -2.24. The van der Waals surface area contributed by atoms with Crippen LogP contribution < -0.4 is 5.32 Å². The molecule has 0 spiro atoms. The van der Waals surface area contributed by atoms with Crippen molar-refractivity contribution < 1.29 is 4.39 Å². The number of aromatic nitrogens is 1. The van der Waals surface area contributed by atoms with Gasteiger partial charge in [0.2, 0.25) is 0 Å². The Kier molecular flexibility index (Phi) is 4.29. The predicted octanol–water partition coefficient (Wildman–Crippen LogP) is 4.90. The molecule has 1 aromatic carbocycles. The van der Waals surface area contributed by atoms with Gasteiger partial charge in [-0.2, -0.15) is 0 Å². The Balaban J connectivity index is 1.95. The van der Waals surface area contributed by atoms with E-state index < -0.39 is 0 Å². The molecule has 1 N–H and O–H groups in total. The quantitative estimate of drug-likeness (QED) is 0.846. The lowest BCUT2D eigenvalue weighted by atomic mass is 10.1.